The molecule has 44 heavy (non-hydrogen) atoms. The molecular weight excluding hydrogens is 576 g/mol. The van der Waals surface area contributed by atoms with Crippen molar-refractivity contribution in [2.75, 3.05) is 29.0 Å². The van der Waals surface area contributed by atoms with Crippen LogP contribution in [-0.2, 0) is 9.53 Å². The lowest BCUT2D eigenvalue weighted by Gasteiger charge is -2.39. The number of carbonyl (C=O) groups excluding carboxylic acids is 3. The predicted octanol–water partition coefficient (Wildman–Crippen LogP) is 7.11. The van der Waals surface area contributed by atoms with E-state index >= 15 is 0 Å². The van der Waals surface area contributed by atoms with Crippen LogP contribution in [0.25, 0.3) is 10.4 Å². The number of benzene rings is 2. The van der Waals surface area contributed by atoms with Crippen LogP contribution in [0.3, 0.4) is 0 Å². The summed E-state index contributed by atoms with van der Waals surface area (Å²) >= 11 is 1.59. The van der Waals surface area contributed by atoms with Gasteiger partial charge < -0.3 is 25.4 Å². The van der Waals surface area contributed by atoms with Crippen LogP contribution in [0.2, 0.25) is 0 Å². The van der Waals surface area contributed by atoms with E-state index < -0.39 is 17.3 Å². The number of likely N-dealkylation sites (tertiary alicyclic amines) is 1. The number of piperidine rings is 1. The van der Waals surface area contributed by atoms with Crippen LogP contribution in [0.15, 0.2) is 60.0 Å². The minimum Gasteiger partial charge on any atom is -0.444 e. The molecule has 2 heterocycles. The van der Waals surface area contributed by atoms with Gasteiger partial charge in [0.1, 0.15) is 11.2 Å². The van der Waals surface area contributed by atoms with E-state index in [0.29, 0.717) is 42.9 Å². The number of hydrogen-bond acceptors (Lipinski definition) is 7. The zero-order valence-electron chi connectivity index (χ0n) is 25.7. The molecule has 10 heteroatoms. The molecule has 0 bridgehead atoms. The fourth-order valence-electron chi connectivity index (χ4n) is 5.79. The maximum absolute atomic E-state index is 13.3. The van der Waals surface area contributed by atoms with Crippen LogP contribution in [0.1, 0.15) is 76.1 Å². The van der Waals surface area contributed by atoms with Crippen LogP contribution < -0.4 is 16.0 Å². The Bertz CT molecular complexity index is 1450. The molecule has 0 unspecified atom stereocenters. The first-order valence-electron chi connectivity index (χ1n) is 15.4. The summed E-state index contributed by atoms with van der Waals surface area (Å²) in [6.45, 7) is 6.61. The molecule has 4 N–H and O–H groups in total. The van der Waals surface area contributed by atoms with Crippen LogP contribution in [0.4, 0.5) is 21.9 Å². The van der Waals surface area contributed by atoms with Crippen molar-refractivity contribution < 1.29 is 24.2 Å². The highest BCUT2D eigenvalue weighted by atomic mass is 32.1. The topological polar surface area (TPSA) is 120 Å². The average Bonchev–Trinajstić information content (AvgIpc) is 3.53. The molecule has 0 radical (unpaired) electrons. The molecule has 2 fully saturated rings. The summed E-state index contributed by atoms with van der Waals surface area (Å²) in [4.78, 5) is 41.6. The normalized spacial score (nSPS) is 17.0. The predicted molar refractivity (Wildman–Crippen MR) is 175 cm³/mol. The molecule has 1 aromatic heterocycles. The molecule has 9 nitrogen and oxygen atoms in total. The van der Waals surface area contributed by atoms with Crippen molar-refractivity contribution in [1.82, 2.24) is 4.90 Å². The molecule has 1 saturated heterocycles. The lowest BCUT2D eigenvalue weighted by molar-refractivity contribution is -0.155. The van der Waals surface area contributed by atoms with Crippen LogP contribution >= 0.6 is 11.3 Å². The van der Waals surface area contributed by atoms with E-state index in [-0.39, 0.29) is 17.9 Å². The van der Waals surface area contributed by atoms with Crippen molar-refractivity contribution in [2.45, 2.75) is 83.0 Å². The molecule has 2 aromatic carbocycles. The van der Waals surface area contributed by atoms with Gasteiger partial charge in [0, 0.05) is 35.3 Å². The second-order valence-electron chi connectivity index (χ2n) is 12.7. The molecule has 3 amide bonds. The summed E-state index contributed by atoms with van der Waals surface area (Å²) in [5, 5.41) is 22.1. The average molecular weight is 619 g/mol. The molecule has 1 aliphatic carbocycles. The second-order valence-corrected chi connectivity index (χ2v) is 13.6. The van der Waals surface area contributed by atoms with Crippen molar-refractivity contribution in [3.63, 3.8) is 0 Å². The minimum atomic E-state index is -1.19. The zero-order chi connectivity index (χ0) is 31.3. The van der Waals surface area contributed by atoms with Crippen molar-refractivity contribution >= 4 is 46.3 Å². The number of anilines is 3. The van der Waals surface area contributed by atoms with Gasteiger partial charge in [-0.05, 0) is 99.9 Å². The third-order valence-corrected chi connectivity index (χ3v) is 9.01. The van der Waals surface area contributed by atoms with Gasteiger partial charge in [0.25, 0.3) is 11.8 Å². The molecular formula is C34H42N4O5S. The molecule has 5 rings (SSSR count). The summed E-state index contributed by atoms with van der Waals surface area (Å²) in [6.07, 6.45) is 4.98. The lowest BCUT2D eigenvalue weighted by Crippen LogP contribution is -2.53. The SMILES string of the molecule is CC(C)(C)OC(=O)Nc1ccc(-c2cccs2)cc1NC(=O)c1ccc(NC2CCN(C(=O)C3(O)CCCCC3)CC2)cc1. The number of thiophene rings is 1. The number of amides is 3. The zero-order valence-corrected chi connectivity index (χ0v) is 26.5. The van der Waals surface area contributed by atoms with E-state index in [1.807, 2.05) is 46.7 Å². The first kappa shape index (κ1) is 31.5. The largest absolute Gasteiger partial charge is 0.444 e. The van der Waals surface area contributed by atoms with Crippen molar-refractivity contribution in [3.05, 3.63) is 65.5 Å². The lowest BCUT2D eigenvalue weighted by atomic mass is 9.83. The quantitative estimate of drug-likeness (QED) is 0.224. The van der Waals surface area contributed by atoms with Gasteiger partial charge in [-0.25, -0.2) is 4.79 Å². The van der Waals surface area contributed by atoms with Gasteiger partial charge in [-0.3, -0.25) is 14.9 Å². The van der Waals surface area contributed by atoms with Crippen LogP contribution in [0, 0.1) is 0 Å². The van der Waals surface area contributed by atoms with Crippen LogP contribution in [0.5, 0.6) is 0 Å². The Labute approximate surface area is 263 Å². The summed E-state index contributed by atoms with van der Waals surface area (Å²) < 4.78 is 5.42. The number of nitrogens with zero attached hydrogens (tertiary/aromatic N) is 1. The first-order chi connectivity index (χ1) is 21.0. The molecule has 234 valence electrons. The fourth-order valence-corrected chi connectivity index (χ4v) is 6.51. The molecule has 3 aromatic rings. The highest BCUT2D eigenvalue weighted by Gasteiger charge is 2.40. The highest BCUT2D eigenvalue weighted by molar-refractivity contribution is 7.13. The maximum atomic E-state index is 13.3. The Hall–Kier alpha value is -3.89. The second kappa shape index (κ2) is 13.4. The van der Waals surface area contributed by atoms with Crippen molar-refractivity contribution in [3.8, 4) is 10.4 Å². The number of rotatable bonds is 7. The van der Waals surface area contributed by atoms with Gasteiger partial charge in [0.2, 0.25) is 0 Å². The maximum Gasteiger partial charge on any atom is 0.412 e. The first-order valence-corrected chi connectivity index (χ1v) is 16.2. The molecule has 1 saturated carbocycles. The summed E-state index contributed by atoms with van der Waals surface area (Å²) in [7, 11) is 0. The Morgan fingerprint density at radius 3 is 2.27 bits per heavy atom. The van der Waals surface area contributed by atoms with Gasteiger partial charge in [-0.1, -0.05) is 31.4 Å². The summed E-state index contributed by atoms with van der Waals surface area (Å²) in [5.74, 6) is -0.420. The third-order valence-electron chi connectivity index (χ3n) is 8.09. The standard InChI is InChI=1S/C34H42N4O5S/c1-33(2,3)43-32(41)37-27-14-11-24(29-8-7-21-44-29)22-28(27)36-30(39)23-9-12-25(13-10-23)35-26-15-19-38(20-16-26)31(40)34(42)17-5-4-6-18-34/h7-14,21-22,26,35,42H,4-6,15-20H2,1-3H3,(H,36,39)(H,37,41). The van der Waals surface area contributed by atoms with E-state index in [1.54, 1.807) is 50.3 Å². The van der Waals surface area contributed by atoms with Gasteiger partial charge in [0.15, 0.2) is 0 Å². The Morgan fingerprint density at radius 2 is 1.64 bits per heavy atom. The highest BCUT2D eigenvalue weighted by Crippen LogP contribution is 2.33. The van der Waals surface area contributed by atoms with E-state index in [2.05, 4.69) is 16.0 Å². The van der Waals surface area contributed by atoms with Gasteiger partial charge in [-0.2, -0.15) is 0 Å². The monoisotopic (exact) mass is 618 g/mol. The molecule has 0 atom stereocenters. The number of ether oxygens (including phenoxy) is 1. The third kappa shape index (κ3) is 7.98. The Morgan fingerprint density at radius 1 is 0.932 bits per heavy atom. The Balaban J connectivity index is 1.20. The summed E-state index contributed by atoms with van der Waals surface area (Å²) in [6, 6.07) is 16.9. The fraction of sp³-hybridized carbons (Fsp3) is 0.441. The number of aliphatic hydroxyl groups is 1. The van der Waals surface area contributed by atoms with Gasteiger partial charge in [-0.15, -0.1) is 11.3 Å². The number of nitrogens with one attached hydrogen (secondary N) is 3. The van der Waals surface area contributed by atoms with Crippen molar-refractivity contribution in [1.29, 1.82) is 0 Å². The van der Waals surface area contributed by atoms with Gasteiger partial charge in [0.05, 0.1) is 11.4 Å². The molecule has 2 aliphatic rings. The smallest absolute Gasteiger partial charge is 0.412 e. The Kier molecular flexibility index (Phi) is 9.60. The number of hydrogen-bond donors (Lipinski definition) is 4. The molecule has 1 aliphatic heterocycles. The van der Waals surface area contributed by atoms with E-state index in [0.717, 1.165) is 48.2 Å². The van der Waals surface area contributed by atoms with Gasteiger partial charge >= 0.3 is 6.09 Å². The molecule has 0 spiro atoms. The summed E-state index contributed by atoms with van der Waals surface area (Å²) in [5.41, 5.74) is 1.34. The van der Waals surface area contributed by atoms with Crippen molar-refractivity contribution in [2.24, 2.45) is 0 Å². The van der Waals surface area contributed by atoms with Crippen LogP contribution in [-0.4, -0.2) is 58.2 Å². The van der Waals surface area contributed by atoms with E-state index in [4.69, 9.17) is 4.74 Å². The van der Waals surface area contributed by atoms with E-state index in [9.17, 15) is 19.5 Å². The minimum absolute atomic E-state index is 0.114. The van der Waals surface area contributed by atoms with E-state index in [1.165, 1.54) is 0 Å². The number of carbonyl (C=O) groups is 3.